The van der Waals surface area contributed by atoms with Gasteiger partial charge >= 0.3 is 0 Å². The minimum Gasteiger partial charge on any atom is -0.508 e. The van der Waals surface area contributed by atoms with Gasteiger partial charge in [-0.25, -0.2) is 0 Å². The summed E-state index contributed by atoms with van der Waals surface area (Å²) in [7, 11) is 1.31. The van der Waals surface area contributed by atoms with Crippen molar-refractivity contribution in [3.63, 3.8) is 0 Å². The van der Waals surface area contributed by atoms with Gasteiger partial charge in [0.1, 0.15) is 42.0 Å². The molecule has 0 saturated carbocycles. The molecule has 0 bridgehead atoms. The topological polar surface area (TPSA) is 416 Å². The number of hydrogen-bond donors (Lipinski definition) is 15. The van der Waals surface area contributed by atoms with E-state index < -0.39 is 102 Å². The highest BCUT2D eigenvalue weighted by Crippen LogP contribution is 2.16. The van der Waals surface area contributed by atoms with Gasteiger partial charge < -0.3 is 75.3 Å². The zero-order valence-electron chi connectivity index (χ0n) is 39.6. The summed E-state index contributed by atoms with van der Waals surface area (Å²) >= 11 is 0. The largest absolute Gasteiger partial charge is 0.508 e. The predicted molar refractivity (Wildman–Crippen MR) is 249 cm³/mol. The third kappa shape index (κ3) is 21.9. The number of nitrogens with zero attached hydrogens (tertiary/aromatic N) is 1. The van der Waals surface area contributed by atoms with Gasteiger partial charge in [0.15, 0.2) is 11.9 Å². The van der Waals surface area contributed by atoms with E-state index in [1.165, 1.54) is 26.1 Å². The van der Waals surface area contributed by atoms with Crippen LogP contribution in [0.1, 0.15) is 92.1 Å². The van der Waals surface area contributed by atoms with Gasteiger partial charge in [-0.2, -0.15) is 0 Å². The van der Waals surface area contributed by atoms with Crippen LogP contribution in [0.3, 0.4) is 0 Å². The Morgan fingerprint density at radius 3 is 1.57 bits per heavy atom. The number of carbonyl (C=O) groups excluding carboxylic acids is 8. The quantitative estimate of drug-likeness (QED) is 0.0210. The van der Waals surface area contributed by atoms with Crippen LogP contribution in [0.25, 0.3) is 0 Å². The summed E-state index contributed by atoms with van der Waals surface area (Å²) in [5.41, 5.74) is 22.5. The lowest BCUT2D eigenvalue weighted by Gasteiger charge is -2.31. The molecule has 0 aliphatic carbocycles. The summed E-state index contributed by atoms with van der Waals surface area (Å²) in [5, 5.41) is 53.4. The van der Waals surface area contributed by atoms with Crippen molar-refractivity contribution in [2.24, 2.45) is 40.7 Å². The van der Waals surface area contributed by atoms with Gasteiger partial charge in [-0.15, -0.1) is 0 Å². The molecular weight excluding hydrogens is 873 g/mol. The minimum absolute atomic E-state index is 0.0274. The van der Waals surface area contributed by atoms with E-state index in [4.69, 9.17) is 33.8 Å². The van der Waals surface area contributed by atoms with Gasteiger partial charge in [-0.3, -0.25) is 49.2 Å². The van der Waals surface area contributed by atoms with Crippen molar-refractivity contribution in [3.05, 3.63) is 29.8 Å². The molecule has 0 radical (unpaired) electrons. The van der Waals surface area contributed by atoms with Crippen LogP contribution in [-0.4, -0.2) is 137 Å². The van der Waals surface area contributed by atoms with Crippen LogP contribution in [0, 0.1) is 28.6 Å². The highest BCUT2D eigenvalue weighted by Gasteiger charge is 2.36. The van der Waals surface area contributed by atoms with Crippen LogP contribution >= 0.6 is 0 Å². The predicted octanol–water partition coefficient (Wildman–Crippen LogP) is -2.82. The Kier molecular flexibility index (Phi) is 25.3. The van der Waals surface area contributed by atoms with Gasteiger partial charge in [0.25, 0.3) is 0 Å². The lowest BCUT2D eigenvalue weighted by atomic mass is 9.96. The molecule has 0 spiro atoms. The first-order valence-corrected chi connectivity index (χ1v) is 22.2. The summed E-state index contributed by atoms with van der Waals surface area (Å²) in [6.45, 7) is 10.4. The van der Waals surface area contributed by atoms with Crippen molar-refractivity contribution in [2.45, 2.75) is 135 Å². The molecule has 0 aliphatic rings. The number of aromatic hydroxyl groups is 1. The van der Waals surface area contributed by atoms with Crippen LogP contribution in [0.5, 0.6) is 5.75 Å². The highest BCUT2D eigenvalue weighted by atomic mass is 16.3. The van der Waals surface area contributed by atoms with Crippen LogP contribution in [0.15, 0.2) is 24.3 Å². The molecule has 8 amide bonds. The Hall–Kier alpha value is -6.72. The van der Waals surface area contributed by atoms with Gasteiger partial charge in [0.2, 0.25) is 47.3 Å². The minimum atomic E-state index is -1.64. The lowest BCUT2D eigenvalue weighted by Crippen LogP contribution is -2.62. The maximum atomic E-state index is 14.1. The molecule has 0 aromatic heterocycles. The highest BCUT2D eigenvalue weighted by molar-refractivity contribution is 5.97. The van der Waals surface area contributed by atoms with Crippen molar-refractivity contribution in [2.75, 3.05) is 20.1 Å². The van der Waals surface area contributed by atoms with Gasteiger partial charge in [0.05, 0.1) is 6.10 Å². The molecule has 1 aromatic rings. The number of primary amides is 2. The molecule has 8 atom stereocenters. The fraction of sp³-hybridized carbons (Fsp3) is 0.628. The summed E-state index contributed by atoms with van der Waals surface area (Å²) in [6.07, 6.45) is -1.77. The molecule has 0 aliphatic heterocycles. The fourth-order valence-corrected chi connectivity index (χ4v) is 6.92. The van der Waals surface area contributed by atoms with E-state index in [2.05, 4.69) is 37.2 Å². The van der Waals surface area contributed by atoms with Crippen molar-refractivity contribution in [3.8, 4) is 5.75 Å². The number of phenolic OH excluding ortho intramolecular Hbond substituents is 1. The summed E-state index contributed by atoms with van der Waals surface area (Å²) in [5.74, 6) is -7.96. The first-order valence-electron chi connectivity index (χ1n) is 22.2. The summed E-state index contributed by atoms with van der Waals surface area (Å²) in [6, 6.07) is -2.50. The van der Waals surface area contributed by atoms with Crippen molar-refractivity contribution in [1.29, 1.82) is 10.8 Å². The maximum absolute atomic E-state index is 14.1. The molecule has 0 unspecified atom stereocenters. The molecule has 0 fully saturated rings. The van der Waals surface area contributed by atoms with E-state index in [0.29, 0.717) is 12.0 Å². The molecule has 67 heavy (non-hydrogen) atoms. The lowest BCUT2D eigenvalue weighted by molar-refractivity contribution is -0.141. The SMILES string of the molecule is CC(C)C[C@H](C)C(=O)N[C@H](C(=O)N[C@H](C(=O)N[C@@H](CCCNC(=N)N)C(=O)N[C@@H](CCC(N)=O)C(=O)N[C@@H](CCCNC(=N)N)C(=O)N(C)[C@@H](Cc1ccc(O)cc1)C(N)=O)[C@@H](C)O)C(C)C. The number of likely N-dealkylation sites (N-methyl/N-ethyl adjacent to an activating group) is 1. The molecule has 1 rings (SSSR count). The number of amides is 8. The monoisotopic (exact) mass is 947 g/mol. The zero-order chi connectivity index (χ0) is 51.1. The van der Waals surface area contributed by atoms with Crippen molar-refractivity contribution in [1.82, 2.24) is 42.1 Å². The molecule has 19 N–H and O–H groups in total. The Labute approximate surface area is 391 Å². The Morgan fingerprint density at radius 2 is 1.10 bits per heavy atom. The Balaban J connectivity index is 3.52. The van der Waals surface area contributed by atoms with E-state index in [-0.39, 0.29) is 81.1 Å². The molecular formula is C43H74N14O10. The number of nitrogens with two attached hydrogens (primary N) is 4. The van der Waals surface area contributed by atoms with Crippen molar-refractivity contribution < 1.29 is 48.6 Å². The second-order valence-electron chi connectivity index (χ2n) is 17.4. The maximum Gasteiger partial charge on any atom is 0.245 e. The van der Waals surface area contributed by atoms with E-state index in [9.17, 15) is 48.6 Å². The number of phenols is 1. The molecule has 24 nitrogen and oxygen atoms in total. The zero-order valence-corrected chi connectivity index (χ0v) is 39.6. The number of benzene rings is 1. The number of nitrogens with one attached hydrogen (secondary N) is 9. The van der Waals surface area contributed by atoms with Crippen LogP contribution in [0.4, 0.5) is 0 Å². The Morgan fingerprint density at radius 1 is 0.642 bits per heavy atom. The summed E-state index contributed by atoms with van der Waals surface area (Å²) in [4.78, 5) is 108. The van der Waals surface area contributed by atoms with E-state index in [0.717, 1.165) is 4.90 Å². The van der Waals surface area contributed by atoms with Crippen molar-refractivity contribution >= 4 is 59.2 Å². The average Bonchev–Trinajstić information content (AvgIpc) is 3.23. The Bertz CT molecular complexity index is 1860. The number of guanidine groups is 2. The normalized spacial score (nSPS) is 14.7. The molecule has 24 heteroatoms. The van der Waals surface area contributed by atoms with Crippen LogP contribution in [-0.2, 0) is 44.8 Å². The van der Waals surface area contributed by atoms with Gasteiger partial charge in [-0.05, 0) is 75.0 Å². The number of carbonyl (C=O) groups is 8. The fourth-order valence-electron chi connectivity index (χ4n) is 6.92. The second kappa shape index (κ2) is 29.0. The standard InChI is InChI=1S/C43H74N14O10/c1-22(2)20-24(5)36(62)55-33(23(3)4)39(65)56-34(25(6)58)40(66)53-28(10-8-18-50-42(46)47)37(63)52-29(16-17-32(44)60)38(64)54-30(11-9-19-51-43(48)49)41(67)57(7)31(35(45)61)21-26-12-14-27(59)15-13-26/h12-15,22-25,28-31,33-34,58-59H,8-11,16-21H2,1-7H3,(H2,44,60)(H2,45,61)(H,52,63)(H,53,66)(H,54,64)(H,55,62)(H,56,65)(H4,46,47,50)(H4,48,49,51)/t24-,25+,28-,29-,30-,31-,33-,34-/m0/s1. The number of aliphatic hydroxyl groups excluding tert-OH is 1. The number of hydrogen-bond acceptors (Lipinski definition) is 12. The molecule has 1 aromatic carbocycles. The van der Waals surface area contributed by atoms with E-state index in [1.54, 1.807) is 32.9 Å². The average molecular weight is 947 g/mol. The third-order valence-corrected chi connectivity index (χ3v) is 10.6. The third-order valence-electron chi connectivity index (χ3n) is 10.6. The second-order valence-corrected chi connectivity index (χ2v) is 17.4. The smallest absolute Gasteiger partial charge is 0.245 e. The number of rotatable bonds is 30. The van der Waals surface area contributed by atoms with Gasteiger partial charge in [-0.1, -0.05) is 46.8 Å². The van der Waals surface area contributed by atoms with E-state index in [1.807, 2.05) is 13.8 Å². The molecule has 0 saturated heterocycles. The van der Waals surface area contributed by atoms with Crippen LogP contribution in [0.2, 0.25) is 0 Å². The molecule has 376 valence electrons. The first kappa shape index (κ1) is 58.3. The van der Waals surface area contributed by atoms with Crippen LogP contribution < -0.4 is 60.2 Å². The van der Waals surface area contributed by atoms with E-state index >= 15 is 0 Å². The van der Waals surface area contributed by atoms with Gasteiger partial charge in [0, 0.05) is 38.9 Å². The molecule has 0 heterocycles. The number of aliphatic hydroxyl groups is 1. The summed E-state index contributed by atoms with van der Waals surface area (Å²) < 4.78 is 0. The first-order chi connectivity index (χ1) is 31.2.